The molecular formula is C27H44N2O2. The molecule has 1 saturated heterocycles. The average molecular weight is 429 g/mol. The summed E-state index contributed by atoms with van der Waals surface area (Å²) in [6.07, 6.45) is 8.74. The Hall–Kier alpha value is -2.20. The Morgan fingerprint density at radius 3 is 2.23 bits per heavy atom. The first kappa shape index (κ1) is 26.8. The number of unbranched alkanes of at least 4 members (excludes halogenated alkanes) is 2. The van der Waals surface area contributed by atoms with Crippen molar-refractivity contribution >= 4 is 0 Å². The Morgan fingerprint density at radius 2 is 1.74 bits per heavy atom. The summed E-state index contributed by atoms with van der Waals surface area (Å²) in [5, 5.41) is 0. The number of rotatable bonds is 10. The fraction of sp³-hybridized carbons (Fsp3) is 0.556. The maximum Gasteiger partial charge on any atom is 0.163 e. The highest BCUT2D eigenvalue weighted by molar-refractivity contribution is 5.26. The van der Waals surface area contributed by atoms with Gasteiger partial charge in [-0.2, -0.15) is 0 Å². The number of hydrogen-bond acceptors (Lipinski definition) is 4. The Balaban J connectivity index is 0.000000577. The van der Waals surface area contributed by atoms with Crippen LogP contribution in [-0.4, -0.2) is 56.2 Å². The summed E-state index contributed by atoms with van der Waals surface area (Å²) in [5.41, 5.74) is 2.54. The highest BCUT2D eigenvalue weighted by atomic mass is 16.5. The summed E-state index contributed by atoms with van der Waals surface area (Å²) in [6, 6.07) is 10.3. The number of likely N-dealkylation sites (N-methyl/N-ethyl adjacent to an activating group) is 1. The average Bonchev–Trinajstić information content (AvgIpc) is 2.76. The minimum atomic E-state index is 0.174. The zero-order valence-electron chi connectivity index (χ0n) is 20.7. The van der Waals surface area contributed by atoms with Crippen LogP contribution in [0.1, 0.15) is 52.0 Å². The quantitative estimate of drug-likeness (QED) is 0.253. The number of piperazine rings is 1. The minimum absolute atomic E-state index is 0.174. The number of ether oxygens (including phenoxy) is 2. The third kappa shape index (κ3) is 11.1. The first-order valence-electron chi connectivity index (χ1n) is 11.6. The van der Waals surface area contributed by atoms with Crippen LogP contribution in [-0.2, 0) is 9.47 Å². The van der Waals surface area contributed by atoms with Crippen LogP contribution in [0.3, 0.4) is 0 Å². The zero-order chi connectivity index (χ0) is 23.1. The van der Waals surface area contributed by atoms with Crippen LogP contribution >= 0.6 is 0 Å². The molecule has 1 unspecified atom stereocenters. The predicted molar refractivity (Wildman–Crippen MR) is 133 cm³/mol. The van der Waals surface area contributed by atoms with E-state index < -0.39 is 0 Å². The van der Waals surface area contributed by atoms with E-state index in [0.29, 0.717) is 5.76 Å². The van der Waals surface area contributed by atoms with Crippen molar-refractivity contribution < 1.29 is 9.47 Å². The largest absolute Gasteiger partial charge is 0.493 e. The second-order valence-corrected chi connectivity index (χ2v) is 8.29. The van der Waals surface area contributed by atoms with Gasteiger partial charge in [0.05, 0.1) is 13.2 Å². The molecule has 0 aromatic heterocycles. The number of aryl methyl sites for hydroxylation is 1. The smallest absolute Gasteiger partial charge is 0.163 e. The molecule has 1 aliphatic heterocycles. The number of nitrogens with zero attached hydrogens (tertiary/aromatic N) is 2. The van der Waals surface area contributed by atoms with E-state index in [0.717, 1.165) is 38.4 Å². The van der Waals surface area contributed by atoms with Gasteiger partial charge in [0, 0.05) is 38.0 Å². The SMILES string of the molecule is C=C/C(OC)=C(\C=C(/C)N1CCN(C)CC1)OC(C)CCCCC.Cc1ccccc1. The van der Waals surface area contributed by atoms with Crippen molar-refractivity contribution in [2.45, 2.75) is 59.5 Å². The molecule has 1 aromatic rings. The third-order valence-corrected chi connectivity index (χ3v) is 5.47. The predicted octanol–water partition coefficient (Wildman–Crippen LogP) is 6.16. The minimum Gasteiger partial charge on any atom is -0.493 e. The molecule has 4 nitrogen and oxygen atoms in total. The molecule has 0 N–H and O–H groups in total. The monoisotopic (exact) mass is 428 g/mol. The van der Waals surface area contributed by atoms with Crippen LogP contribution in [0.5, 0.6) is 0 Å². The van der Waals surface area contributed by atoms with E-state index in [1.54, 1.807) is 13.2 Å². The Bertz CT molecular complexity index is 674. The van der Waals surface area contributed by atoms with Gasteiger partial charge in [0.1, 0.15) is 0 Å². The van der Waals surface area contributed by atoms with Crippen LogP contribution in [0.15, 0.2) is 66.3 Å². The maximum atomic E-state index is 6.19. The molecular weight excluding hydrogens is 384 g/mol. The maximum absolute atomic E-state index is 6.19. The van der Waals surface area contributed by atoms with Crippen LogP contribution in [0.2, 0.25) is 0 Å². The van der Waals surface area contributed by atoms with Gasteiger partial charge in [0.15, 0.2) is 11.5 Å². The number of benzene rings is 1. The molecule has 174 valence electrons. The van der Waals surface area contributed by atoms with Crippen LogP contribution < -0.4 is 0 Å². The first-order chi connectivity index (χ1) is 14.9. The van der Waals surface area contributed by atoms with E-state index in [-0.39, 0.29) is 6.10 Å². The van der Waals surface area contributed by atoms with Gasteiger partial charge >= 0.3 is 0 Å². The van der Waals surface area contributed by atoms with Gasteiger partial charge in [-0.25, -0.2) is 0 Å². The molecule has 1 atom stereocenters. The van der Waals surface area contributed by atoms with Gasteiger partial charge in [-0.15, -0.1) is 0 Å². The van der Waals surface area contributed by atoms with E-state index in [9.17, 15) is 0 Å². The van der Waals surface area contributed by atoms with Gasteiger partial charge in [-0.3, -0.25) is 0 Å². The summed E-state index contributed by atoms with van der Waals surface area (Å²) in [5.74, 6) is 1.48. The molecule has 4 heteroatoms. The van der Waals surface area contributed by atoms with Crippen molar-refractivity contribution in [1.29, 1.82) is 0 Å². The van der Waals surface area contributed by atoms with Crippen molar-refractivity contribution in [2.75, 3.05) is 40.3 Å². The van der Waals surface area contributed by atoms with Gasteiger partial charge < -0.3 is 19.3 Å². The van der Waals surface area contributed by atoms with Crippen molar-refractivity contribution in [1.82, 2.24) is 9.80 Å². The normalized spacial score (nSPS) is 16.6. The summed E-state index contributed by atoms with van der Waals surface area (Å²) >= 11 is 0. The molecule has 0 aliphatic carbocycles. The van der Waals surface area contributed by atoms with Crippen LogP contribution in [0.4, 0.5) is 0 Å². The fourth-order valence-electron chi connectivity index (χ4n) is 3.38. The summed E-state index contributed by atoms with van der Waals surface area (Å²) in [7, 11) is 3.84. The molecule has 0 spiro atoms. The molecule has 1 heterocycles. The standard InChI is InChI=1S/C20H36N2O2.C7H8/c1-7-9-10-11-18(4)24-20(19(8-2)23-6)16-17(3)22-14-12-21(5)13-15-22;1-7-5-3-2-4-6-7/h8,16,18H,2,7,9-15H2,1,3-6H3;2-6H,1H3/b17-16+,20-19-;. The van der Waals surface area contributed by atoms with Crippen molar-refractivity contribution in [2.24, 2.45) is 0 Å². The Kier molecular flexibility index (Phi) is 13.5. The number of hydrogen-bond donors (Lipinski definition) is 0. The lowest BCUT2D eigenvalue weighted by Crippen LogP contribution is -2.43. The second kappa shape index (κ2) is 15.6. The van der Waals surface area contributed by atoms with E-state index >= 15 is 0 Å². The summed E-state index contributed by atoms with van der Waals surface area (Å²) in [4.78, 5) is 4.76. The fourth-order valence-corrected chi connectivity index (χ4v) is 3.38. The van der Waals surface area contributed by atoms with Crippen molar-refractivity contribution in [3.05, 3.63) is 71.8 Å². The first-order valence-corrected chi connectivity index (χ1v) is 11.6. The highest BCUT2D eigenvalue weighted by Crippen LogP contribution is 2.19. The van der Waals surface area contributed by atoms with Gasteiger partial charge in [-0.05, 0) is 46.7 Å². The van der Waals surface area contributed by atoms with Crippen molar-refractivity contribution in [3.8, 4) is 0 Å². The number of methoxy groups -OCH3 is 1. The molecule has 0 bridgehead atoms. The lowest BCUT2D eigenvalue weighted by atomic mass is 10.1. The lowest BCUT2D eigenvalue weighted by molar-refractivity contribution is 0.114. The van der Waals surface area contributed by atoms with E-state index in [2.05, 4.69) is 69.3 Å². The van der Waals surface area contributed by atoms with Gasteiger partial charge in [0.2, 0.25) is 0 Å². The van der Waals surface area contributed by atoms with E-state index in [4.69, 9.17) is 9.47 Å². The van der Waals surface area contributed by atoms with E-state index in [1.807, 2.05) is 18.2 Å². The Labute approximate surface area is 191 Å². The lowest BCUT2D eigenvalue weighted by Gasteiger charge is -2.34. The molecule has 1 aliphatic rings. The molecule has 1 fully saturated rings. The van der Waals surface area contributed by atoms with Crippen LogP contribution in [0.25, 0.3) is 0 Å². The van der Waals surface area contributed by atoms with Crippen LogP contribution in [0, 0.1) is 6.92 Å². The molecule has 0 radical (unpaired) electrons. The zero-order valence-corrected chi connectivity index (χ0v) is 20.7. The van der Waals surface area contributed by atoms with Gasteiger partial charge in [0.25, 0.3) is 0 Å². The van der Waals surface area contributed by atoms with Gasteiger partial charge in [-0.1, -0.05) is 62.2 Å². The summed E-state index contributed by atoms with van der Waals surface area (Å²) < 4.78 is 11.7. The highest BCUT2D eigenvalue weighted by Gasteiger charge is 2.16. The number of allylic oxidation sites excluding steroid dienone is 3. The van der Waals surface area contributed by atoms with E-state index in [1.165, 1.54) is 30.5 Å². The second-order valence-electron chi connectivity index (χ2n) is 8.29. The molecule has 31 heavy (non-hydrogen) atoms. The summed E-state index contributed by atoms with van der Waals surface area (Å²) in [6.45, 7) is 16.7. The molecule has 1 aromatic carbocycles. The topological polar surface area (TPSA) is 24.9 Å². The Morgan fingerprint density at radius 1 is 1.10 bits per heavy atom. The molecule has 0 saturated carbocycles. The molecule has 2 rings (SSSR count). The third-order valence-electron chi connectivity index (χ3n) is 5.47. The molecule has 0 amide bonds. The van der Waals surface area contributed by atoms with Crippen molar-refractivity contribution in [3.63, 3.8) is 0 Å².